The van der Waals surface area contributed by atoms with E-state index >= 15 is 0 Å². The molecule has 1 spiro atoms. The quantitative estimate of drug-likeness (QED) is 0.802. The van der Waals surface area contributed by atoms with Crippen LogP contribution >= 0.6 is 0 Å². The fourth-order valence-corrected chi connectivity index (χ4v) is 3.03. The highest BCUT2D eigenvalue weighted by atomic mass is 16.7. The van der Waals surface area contributed by atoms with Crippen LogP contribution in [0.1, 0.15) is 51.9 Å². The van der Waals surface area contributed by atoms with Crippen molar-refractivity contribution in [2.75, 3.05) is 0 Å². The Bertz CT molecular complexity index is 380. The number of ether oxygens (including phenoxy) is 2. The monoisotopic (exact) mass is 280 g/mol. The lowest BCUT2D eigenvalue weighted by atomic mass is 9.91. The molecule has 20 heavy (non-hydrogen) atoms. The first-order valence-corrected chi connectivity index (χ1v) is 7.50. The van der Waals surface area contributed by atoms with Crippen molar-refractivity contribution in [3.05, 3.63) is 24.3 Å². The molecule has 0 amide bonds. The van der Waals surface area contributed by atoms with Gasteiger partial charge in [0.2, 0.25) is 0 Å². The molecule has 0 bridgehead atoms. The van der Waals surface area contributed by atoms with Crippen molar-refractivity contribution >= 4 is 5.97 Å². The molecule has 0 aromatic carbocycles. The van der Waals surface area contributed by atoms with Crippen molar-refractivity contribution in [2.45, 2.75) is 69.9 Å². The van der Waals surface area contributed by atoms with Crippen LogP contribution in [-0.2, 0) is 14.3 Å². The molecule has 1 saturated heterocycles. The highest BCUT2D eigenvalue weighted by molar-refractivity contribution is 5.67. The van der Waals surface area contributed by atoms with Crippen molar-refractivity contribution in [1.29, 1.82) is 0 Å². The molecule has 2 atom stereocenters. The van der Waals surface area contributed by atoms with E-state index in [1.807, 2.05) is 31.2 Å². The van der Waals surface area contributed by atoms with Crippen LogP contribution in [0.15, 0.2) is 24.3 Å². The van der Waals surface area contributed by atoms with E-state index in [9.17, 15) is 4.79 Å². The summed E-state index contributed by atoms with van der Waals surface area (Å²) in [5.41, 5.74) is 0. The van der Waals surface area contributed by atoms with E-state index in [1.165, 1.54) is 6.42 Å². The van der Waals surface area contributed by atoms with E-state index < -0.39 is 11.8 Å². The number of carboxylic acids is 1. The van der Waals surface area contributed by atoms with E-state index in [0.717, 1.165) is 25.7 Å². The Morgan fingerprint density at radius 3 is 2.65 bits per heavy atom. The van der Waals surface area contributed by atoms with Gasteiger partial charge in [-0.3, -0.25) is 4.79 Å². The highest BCUT2D eigenvalue weighted by Gasteiger charge is 2.43. The second-order valence-electron chi connectivity index (χ2n) is 5.61. The molecule has 4 heteroatoms. The molecule has 2 aliphatic rings. The molecule has 112 valence electrons. The van der Waals surface area contributed by atoms with Crippen molar-refractivity contribution < 1.29 is 19.4 Å². The van der Waals surface area contributed by atoms with Crippen LogP contribution in [0, 0.1) is 0 Å². The van der Waals surface area contributed by atoms with Gasteiger partial charge in [0.05, 0.1) is 18.6 Å². The van der Waals surface area contributed by atoms with Crippen LogP contribution in [-0.4, -0.2) is 29.1 Å². The Hall–Kier alpha value is -1.13. The lowest BCUT2D eigenvalue weighted by Crippen LogP contribution is -2.49. The van der Waals surface area contributed by atoms with Gasteiger partial charge in [0.15, 0.2) is 5.79 Å². The maximum atomic E-state index is 11.0. The largest absolute Gasteiger partial charge is 0.481 e. The Morgan fingerprint density at radius 2 is 2.00 bits per heavy atom. The lowest BCUT2D eigenvalue weighted by molar-refractivity contribution is -0.320. The number of allylic oxidation sites excluding steroid dienone is 3. The molecule has 2 fully saturated rings. The number of hydrogen-bond acceptors (Lipinski definition) is 3. The minimum absolute atomic E-state index is 0.0533. The summed E-state index contributed by atoms with van der Waals surface area (Å²) < 4.78 is 12.1. The van der Waals surface area contributed by atoms with Gasteiger partial charge in [0.25, 0.3) is 0 Å². The fraction of sp³-hybridized carbons (Fsp3) is 0.688. The molecular weight excluding hydrogens is 256 g/mol. The van der Waals surface area contributed by atoms with Crippen molar-refractivity contribution in [3.8, 4) is 0 Å². The van der Waals surface area contributed by atoms with Crippen LogP contribution in [0.2, 0.25) is 0 Å². The second-order valence-corrected chi connectivity index (χ2v) is 5.61. The molecule has 1 aliphatic carbocycles. The summed E-state index contributed by atoms with van der Waals surface area (Å²) in [6.45, 7) is 1.96. The van der Waals surface area contributed by atoms with Gasteiger partial charge in [0, 0.05) is 19.3 Å². The van der Waals surface area contributed by atoms with Crippen LogP contribution in [0.25, 0.3) is 0 Å². The van der Waals surface area contributed by atoms with Crippen LogP contribution in [0.5, 0.6) is 0 Å². The normalized spacial score (nSPS) is 30.2. The molecule has 4 nitrogen and oxygen atoms in total. The van der Waals surface area contributed by atoms with Crippen LogP contribution < -0.4 is 0 Å². The first-order chi connectivity index (χ1) is 9.63. The van der Waals surface area contributed by atoms with E-state index in [1.54, 1.807) is 0 Å². The topological polar surface area (TPSA) is 55.8 Å². The third kappa shape index (κ3) is 4.18. The summed E-state index contributed by atoms with van der Waals surface area (Å²) >= 11 is 0. The predicted molar refractivity (Wildman–Crippen MR) is 76.4 cm³/mol. The van der Waals surface area contributed by atoms with E-state index in [-0.39, 0.29) is 18.6 Å². The SMILES string of the molecule is CC=CC=C[C@H]1C[C@@H](CC(=O)O)OC2(CCCCC2)O1. The Morgan fingerprint density at radius 1 is 1.25 bits per heavy atom. The molecule has 2 rings (SSSR count). The van der Waals surface area contributed by atoms with E-state index in [2.05, 4.69) is 0 Å². The standard InChI is InChI=1S/C16H24O4/c1-2-3-5-8-13-11-14(12-15(17)18)20-16(19-13)9-6-4-7-10-16/h2-3,5,8,13-14H,4,6-7,9-12H2,1H3,(H,17,18)/t13-,14-/m0/s1. The van der Waals surface area contributed by atoms with Crippen molar-refractivity contribution in [3.63, 3.8) is 0 Å². The van der Waals surface area contributed by atoms with Gasteiger partial charge < -0.3 is 14.6 Å². The van der Waals surface area contributed by atoms with Crippen LogP contribution in [0.4, 0.5) is 0 Å². The molecule has 0 unspecified atom stereocenters. The summed E-state index contributed by atoms with van der Waals surface area (Å²) in [5.74, 6) is -1.36. The zero-order valence-corrected chi connectivity index (χ0v) is 12.1. The molecule has 1 N–H and O–H groups in total. The third-order valence-corrected chi connectivity index (χ3v) is 3.89. The molecular formula is C16H24O4. The van der Waals surface area contributed by atoms with Gasteiger partial charge in [-0.1, -0.05) is 30.7 Å². The summed E-state index contributed by atoms with van der Waals surface area (Å²) in [4.78, 5) is 11.0. The average Bonchev–Trinajstić information content (AvgIpc) is 2.38. The Balaban J connectivity index is 2.07. The molecule has 1 aliphatic heterocycles. The minimum atomic E-state index is -0.806. The maximum Gasteiger partial charge on any atom is 0.305 e. The van der Waals surface area contributed by atoms with Gasteiger partial charge in [-0.05, 0) is 19.8 Å². The van der Waals surface area contributed by atoms with Gasteiger partial charge in [-0.25, -0.2) is 0 Å². The maximum absolute atomic E-state index is 11.0. The predicted octanol–water partition coefficient (Wildman–Crippen LogP) is 3.43. The average molecular weight is 280 g/mol. The zero-order valence-electron chi connectivity index (χ0n) is 12.1. The van der Waals surface area contributed by atoms with Crippen molar-refractivity contribution in [1.82, 2.24) is 0 Å². The summed E-state index contributed by atoms with van der Waals surface area (Å²) in [5, 5.41) is 9.00. The number of aliphatic carboxylic acids is 1. The van der Waals surface area contributed by atoms with E-state index in [4.69, 9.17) is 14.6 Å². The molecule has 0 aromatic rings. The molecule has 1 heterocycles. The van der Waals surface area contributed by atoms with Gasteiger partial charge in [-0.15, -0.1) is 0 Å². The molecule has 0 aromatic heterocycles. The van der Waals surface area contributed by atoms with Crippen LogP contribution in [0.3, 0.4) is 0 Å². The summed E-state index contributed by atoms with van der Waals surface area (Å²) in [6.07, 6.45) is 13.4. The van der Waals surface area contributed by atoms with Gasteiger partial charge in [-0.2, -0.15) is 0 Å². The Kier molecular flexibility index (Phi) is 5.38. The molecule has 0 radical (unpaired) electrons. The number of carboxylic acid groups (broad SMARTS) is 1. The van der Waals surface area contributed by atoms with Crippen molar-refractivity contribution in [2.24, 2.45) is 0 Å². The number of rotatable bonds is 4. The van der Waals surface area contributed by atoms with Gasteiger partial charge in [0.1, 0.15) is 0 Å². The minimum Gasteiger partial charge on any atom is -0.481 e. The lowest BCUT2D eigenvalue weighted by Gasteiger charge is -2.46. The first kappa shape index (κ1) is 15.3. The Labute approximate surface area is 120 Å². The van der Waals surface area contributed by atoms with E-state index in [0.29, 0.717) is 6.42 Å². The summed E-state index contributed by atoms with van der Waals surface area (Å²) in [6, 6.07) is 0. The number of hydrogen-bond donors (Lipinski definition) is 1. The fourth-order valence-electron chi connectivity index (χ4n) is 3.03. The molecule has 1 saturated carbocycles. The van der Waals surface area contributed by atoms with Gasteiger partial charge >= 0.3 is 5.97 Å². The third-order valence-electron chi connectivity index (χ3n) is 3.89. The number of carbonyl (C=O) groups is 1. The summed E-state index contributed by atoms with van der Waals surface area (Å²) in [7, 11) is 0. The smallest absolute Gasteiger partial charge is 0.305 e. The first-order valence-electron chi connectivity index (χ1n) is 7.50. The highest BCUT2D eigenvalue weighted by Crippen LogP contribution is 2.40. The zero-order chi connectivity index (χ0) is 14.4. The second kappa shape index (κ2) is 7.04.